The van der Waals surface area contributed by atoms with Gasteiger partial charge >= 0.3 is 6.18 Å². The van der Waals surface area contributed by atoms with E-state index in [2.05, 4.69) is 10.3 Å². The Labute approximate surface area is 108 Å². The fourth-order valence-electron chi connectivity index (χ4n) is 2.24. The SMILES string of the molecule is CN(C(=O)C1(C(F)(F)F)CCNC1)c1ccncc1. The average molecular weight is 273 g/mol. The predicted octanol–water partition coefficient (Wildman–Crippen LogP) is 1.59. The van der Waals surface area contributed by atoms with Gasteiger partial charge in [0.05, 0.1) is 0 Å². The number of alkyl halides is 3. The Balaban J connectivity index is 2.31. The van der Waals surface area contributed by atoms with Crippen LogP contribution in [0.1, 0.15) is 6.42 Å². The minimum atomic E-state index is -4.56. The average Bonchev–Trinajstić information content (AvgIpc) is 2.88. The molecule has 1 aromatic heterocycles. The van der Waals surface area contributed by atoms with E-state index in [4.69, 9.17) is 0 Å². The van der Waals surface area contributed by atoms with E-state index in [1.165, 1.54) is 31.6 Å². The van der Waals surface area contributed by atoms with Crippen LogP contribution in [0.2, 0.25) is 0 Å². The summed E-state index contributed by atoms with van der Waals surface area (Å²) in [6.45, 7) is -0.180. The van der Waals surface area contributed by atoms with Gasteiger partial charge in [0, 0.05) is 31.7 Å². The number of nitrogens with zero attached hydrogens (tertiary/aromatic N) is 2. The number of carbonyl (C=O) groups excluding carboxylic acids is 1. The van der Waals surface area contributed by atoms with Crippen LogP contribution < -0.4 is 10.2 Å². The number of rotatable bonds is 2. The third-order valence-corrected chi connectivity index (χ3v) is 3.46. The normalized spacial score (nSPS) is 23.4. The van der Waals surface area contributed by atoms with Crippen molar-refractivity contribution in [3.63, 3.8) is 0 Å². The lowest BCUT2D eigenvalue weighted by Crippen LogP contribution is -2.52. The molecule has 0 aliphatic carbocycles. The summed E-state index contributed by atoms with van der Waals surface area (Å²) in [5, 5.41) is 2.63. The maximum Gasteiger partial charge on any atom is 0.404 e. The zero-order valence-corrected chi connectivity index (χ0v) is 10.4. The van der Waals surface area contributed by atoms with Crippen molar-refractivity contribution in [1.29, 1.82) is 0 Å². The maximum absolute atomic E-state index is 13.2. The van der Waals surface area contributed by atoms with Gasteiger partial charge < -0.3 is 10.2 Å². The smallest absolute Gasteiger partial charge is 0.315 e. The number of halogens is 3. The lowest BCUT2D eigenvalue weighted by molar-refractivity contribution is -0.214. The Morgan fingerprint density at radius 3 is 2.53 bits per heavy atom. The van der Waals surface area contributed by atoms with Crippen molar-refractivity contribution >= 4 is 11.6 Å². The molecule has 19 heavy (non-hydrogen) atoms. The van der Waals surface area contributed by atoms with Crippen LogP contribution in [0.4, 0.5) is 18.9 Å². The summed E-state index contributed by atoms with van der Waals surface area (Å²) >= 11 is 0. The fourth-order valence-corrected chi connectivity index (χ4v) is 2.24. The zero-order valence-electron chi connectivity index (χ0n) is 10.4. The standard InChI is InChI=1S/C12H14F3N3O/c1-18(9-2-5-16-6-3-9)10(19)11(12(13,14)15)4-7-17-8-11/h2-3,5-6,17H,4,7-8H2,1H3. The van der Waals surface area contributed by atoms with Crippen LogP contribution in [0.15, 0.2) is 24.5 Å². The van der Waals surface area contributed by atoms with E-state index >= 15 is 0 Å². The van der Waals surface area contributed by atoms with Gasteiger partial charge in [0.2, 0.25) is 5.91 Å². The lowest BCUT2D eigenvalue weighted by Gasteiger charge is -2.33. The molecule has 2 rings (SSSR count). The molecule has 1 saturated heterocycles. The van der Waals surface area contributed by atoms with Gasteiger partial charge in [-0.15, -0.1) is 0 Å². The molecule has 104 valence electrons. The van der Waals surface area contributed by atoms with E-state index in [9.17, 15) is 18.0 Å². The molecular weight excluding hydrogens is 259 g/mol. The minimum absolute atomic E-state index is 0.190. The van der Waals surface area contributed by atoms with Gasteiger partial charge in [-0.1, -0.05) is 0 Å². The van der Waals surface area contributed by atoms with E-state index in [1.54, 1.807) is 0 Å². The summed E-state index contributed by atoms with van der Waals surface area (Å²) in [6, 6.07) is 3.01. The highest BCUT2D eigenvalue weighted by Gasteiger charge is 2.62. The maximum atomic E-state index is 13.2. The Hall–Kier alpha value is -1.63. The van der Waals surface area contributed by atoms with Gasteiger partial charge in [0.15, 0.2) is 5.41 Å². The van der Waals surface area contributed by atoms with Crippen LogP contribution in [-0.2, 0) is 4.79 Å². The second-order valence-corrected chi connectivity index (χ2v) is 4.58. The first-order valence-corrected chi connectivity index (χ1v) is 5.84. The van der Waals surface area contributed by atoms with E-state index in [0.29, 0.717) is 5.69 Å². The van der Waals surface area contributed by atoms with Gasteiger partial charge in [0.25, 0.3) is 0 Å². The number of aromatic nitrogens is 1. The molecule has 1 aliphatic rings. The fraction of sp³-hybridized carbons (Fsp3) is 0.500. The zero-order chi connectivity index (χ0) is 14.1. The van der Waals surface area contributed by atoms with Crippen LogP contribution in [0.25, 0.3) is 0 Å². The first kappa shape index (κ1) is 13.8. The van der Waals surface area contributed by atoms with E-state index in [-0.39, 0.29) is 19.5 Å². The summed E-state index contributed by atoms with van der Waals surface area (Å²) in [5.41, 5.74) is -1.93. The molecular formula is C12H14F3N3O. The van der Waals surface area contributed by atoms with Gasteiger partial charge in [-0.25, -0.2) is 0 Å². The quantitative estimate of drug-likeness (QED) is 0.890. The lowest BCUT2D eigenvalue weighted by atomic mass is 9.84. The number of amides is 1. The topological polar surface area (TPSA) is 45.2 Å². The number of pyridine rings is 1. The second-order valence-electron chi connectivity index (χ2n) is 4.58. The molecule has 1 fully saturated rings. The number of hydrogen-bond acceptors (Lipinski definition) is 3. The molecule has 1 aromatic rings. The Morgan fingerprint density at radius 2 is 2.05 bits per heavy atom. The van der Waals surface area contributed by atoms with Crippen LogP contribution in [0, 0.1) is 5.41 Å². The second kappa shape index (κ2) is 4.80. The molecule has 1 unspecified atom stereocenters. The Bertz CT molecular complexity index is 455. The summed E-state index contributed by atoms with van der Waals surface area (Å²) < 4.78 is 39.7. The number of nitrogens with one attached hydrogen (secondary N) is 1. The molecule has 1 aliphatic heterocycles. The highest BCUT2D eigenvalue weighted by atomic mass is 19.4. The number of carbonyl (C=O) groups is 1. The molecule has 0 radical (unpaired) electrons. The summed E-state index contributed by atoms with van der Waals surface area (Å²) in [5.74, 6) is -0.934. The molecule has 0 aromatic carbocycles. The largest absolute Gasteiger partial charge is 0.404 e. The number of hydrogen-bond donors (Lipinski definition) is 1. The van der Waals surface area contributed by atoms with E-state index in [1.807, 2.05) is 0 Å². The third-order valence-electron chi connectivity index (χ3n) is 3.46. The Morgan fingerprint density at radius 1 is 1.42 bits per heavy atom. The van der Waals surface area contributed by atoms with Gasteiger partial charge in [-0.05, 0) is 25.1 Å². The third kappa shape index (κ3) is 2.30. The molecule has 4 nitrogen and oxygen atoms in total. The molecule has 1 atom stereocenters. The van der Waals surface area contributed by atoms with Gasteiger partial charge in [0.1, 0.15) is 0 Å². The first-order chi connectivity index (χ1) is 8.88. The van der Waals surface area contributed by atoms with Crippen molar-refractivity contribution in [3.8, 4) is 0 Å². The summed E-state index contributed by atoms with van der Waals surface area (Å²) in [7, 11) is 1.35. The van der Waals surface area contributed by atoms with Crippen molar-refractivity contribution in [1.82, 2.24) is 10.3 Å². The molecule has 0 spiro atoms. The summed E-state index contributed by atoms with van der Waals surface area (Å²) in [6.07, 6.45) is -1.92. The predicted molar refractivity (Wildman–Crippen MR) is 63.6 cm³/mol. The molecule has 0 bridgehead atoms. The molecule has 0 saturated carbocycles. The minimum Gasteiger partial charge on any atom is -0.315 e. The van der Waals surface area contributed by atoms with Crippen molar-refractivity contribution in [2.75, 3.05) is 25.0 Å². The highest BCUT2D eigenvalue weighted by Crippen LogP contribution is 2.44. The van der Waals surface area contributed by atoms with E-state index in [0.717, 1.165) is 4.90 Å². The van der Waals surface area contributed by atoms with Crippen LogP contribution in [0.3, 0.4) is 0 Å². The first-order valence-electron chi connectivity index (χ1n) is 5.84. The summed E-state index contributed by atoms with van der Waals surface area (Å²) in [4.78, 5) is 17.1. The highest BCUT2D eigenvalue weighted by molar-refractivity contribution is 5.98. The molecule has 1 N–H and O–H groups in total. The monoisotopic (exact) mass is 273 g/mol. The Kier molecular flexibility index (Phi) is 3.49. The van der Waals surface area contributed by atoms with Crippen LogP contribution in [0.5, 0.6) is 0 Å². The number of anilines is 1. The van der Waals surface area contributed by atoms with Crippen molar-refractivity contribution in [3.05, 3.63) is 24.5 Å². The van der Waals surface area contributed by atoms with Crippen LogP contribution in [-0.4, -0.2) is 37.2 Å². The van der Waals surface area contributed by atoms with Crippen LogP contribution >= 0.6 is 0 Å². The van der Waals surface area contributed by atoms with Crippen molar-refractivity contribution < 1.29 is 18.0 Å². The van der Waals surface area contributed by atoms with E-state index < -0.39 is 17.5 Å². The van der Waals surface area contributed by atoms with Crippen molar-refractivity contribution in [2.45, 2.75) is 12.6 Å². The van der Waals surface area contributed by atoms with Gasteiger partial charge in [-0.3, -0.25) is 9.78 Å². The molecule has 1 amide bonds. The molecule has 2 heterocycles. The van der Waals surface area contributed by atoms with Crippen molar-refractivity contribution in [2.24, 2.45) is 5.41 Å². The van der Waals surface area contributed by atoms with Gasteiger partial charge in [-0.2, -0.15) is 13.2 Å². The molecule has 7 heteroatoms.